The van der Waals surface area contributed by atoms with Gasteiger partial charge in [0.1, 0.15) is 10.7 Å². The molecule has 3 rings (SSSR count). The molecule has 0 aliphatic heterocycles. The largest absolute Gasteiger partial charge is 0.409 e. The van der Waals surface area contributed by atoms with E-state index in [1.165, 1.54) is 18.2 Å². The van der Waals surface area contributed by atoms with Gasteiger partial charge in [-0.15, -0.1) is 5.10 Å². The number of carbonyl (C=O) groups excluding carboxylic acids is 1. The maximum atomic E-state index is 13.3. The zero-order chi connectivity index (χ0) is 18.7. The first-order valence-corrected chi connectivity index (χ1v) is 8.43. The van der Waals surface area contributed by atoms with Gasteiger partial charge in [0.05, 0.1) is 10.2 Å². The van der Waals surface area contributed by atoms with Crippen molar-refractivity contribution in [1.82, 2.24) is 19.9 Å². The summed E-state index contributed by atoms with van der Waals surface area (Å²) >= 11 is 3.97. The lowest BCUT2D eigenvalue weighted by Gasteiger charge is -2.07. The molecule has 0 radical (unpaired) electrons. The Balaban J connectivity index is 1.82. The first-order chi connectivity index (χ1) is 12.5. The molecule has 0 spiro atoms. The Morgan fingerprint density at radius 2 is 2.19 bits per heavy atom. The monoisotopic (exact) mass is 441 g/mol. The summed E-state index contributed by atoms with van der Waals surface area (Å²) in [6, 6.07) is 4.06. The van der Waals surface area contributed by atoms with E-state index in [4.69, 9.17) is 0 Å². The minimum absolute atomic E-state index is 0.0589. The molecule has 26 heavy (non-hydrogen) atoms. The third-order valence-corrected chi connectivity index (χ3v) is 4.52. The number of amidine groups is 1. The molecule has 0 aliphatic rings. The number of anilines is 2. The maximum Gasteiger partial charge on any atom is 0.270 e. The van der Waals surface area contributed by atoms with Gasteiger partial charge in [0.15, 0.2) is 5.69 Å². The van der Waals surface area contributed by atoms with Crippen molar-refractivity contribution in [3.63, 3.8) is 0 Å². The number of hydrogen-bond donors (Lipinski definition) is 3. The molecule has 0 unspecified atom stereocenters. The summed E-state index contributed by atoms with van der Waals surface area (Å²) in [6.45, 7) is 1.63. The number of aryl methyl sites for hydroxylation is 1. The number of benzene rings is 1. The fourth-order valence-corrected chi connectivity index (χ4v) is 2.80. The molecule has 13 heteroatoms. The number of nitrogens with one attached hydrogen (secondary N) is 2. The van der Waals surface area contributed by atoms with Crippen molar-refractivity contribution in [3.05, 3.63) is 44.8 Å². The second-order valence-corrected chi connectivity index (χ2v) is 6.41. The smallest absolute Gasteiger partial charge is 0.270 e. The maximum absolute atomic E-state index is 13.3. The van der Waals surface area contributed by atoms with E-state index < -0.39 is 11.7 Å². The molecule has 2 aromatic heterocycles. The highest BCUT2D eigenvalue weighted by Crippen LogP contribution is 2.22. The van der Waals surface area contributed by atoms with Crippen LogP contribution >= 0.6 is 27.5 Å². The molecule has 0 aliphatic carbocycles. The van der Waals surface area contributed by atoms with Gasteiger partial charge in [-0.3, -0.25) is 4.79 Å². The summed E-state index contributed by atoms with van der Waals surface area (Å²) in [4.78, 5) is 12.5. The first-order valence-electron chi connectivity index (χ1n) is 6.87. The van der Waals surface area contributed by atoms with Crippen molar-refractivity contribution in [2.75, 3.05) is 10.6 Å². The Labute approximate surface area is 157 Å². The van der Waals surface area contributed by atoms with Crippen LogP contribution in [-0.4, -0.2) is 36.9 Å². The summed E-state index contributed by atoms with van der Waals surface area (Å²) < 4.78 is 21.8. The highest BCUT2D eigenvalue weighted by atomic mass is 79.9. The van der Waals surface area contributed by atoms with E-state index in [0.29, 0.717) is 11.4 Å². The predicted molar refractivity (Wildman–Crippen MR) is 92.9 cm³/mol. The molecule has 10 nitrogen and oxygen atoms in total. The van der Waals surface area contributed by atoms with Crippen molar-refractivity contribution < 1.29 is 19.0 Å². The predicted octanol–water partition coefficient (Wildman–Crippen LogP) is 2.63. The molecule has 2 heterocycles. The van der Waals surface area contributed by atoms with E-state index in [2.05, 4.69) is 56.2 Å². The van der Waals surface area contributed by atoms with Crippen LogP contribution in [0.25, 0.3) is 0 Å². The molecule has 0 fully saturated rings. The van der Waals surface area contributed by atoms with Gasteiger partial charge in [0.2, 0.25) is 11.7 Å². The van der Waals surface area contributed by atoms with Crippen LogP contribution in [0.2, 0.25) is 0 Å². The van der Waals surface area contributed by atoms with E-state index in [1.54, 1.807) is 6.92 Å². The Morgan fingerprint density at radius 1 is 1.38 bits per heavy atom. The van der Waals surface area contributed by atoms with Gasteiger partial charge in [-0.25, -0.2) is 9.02 Å². The topological polar surface area (TPSA) is 138 Å². The van der Waals surface area contributed by atoms with Crippen molar-refractivity contribution in [1.29, 1.82) is 0 Å². The highest BCUT2D eigenvalue weighted by Gasteiger charge is 2.22. The minimum atomic E-state index is -0.517. The van der Waals surface area contributed by atoms with Gasteiger partial charge >= 0.3 is 0 Å². The lowest BCUT2D eigenvalue weighted by molar-refractivity contribution is 0.102. The number of rotatable bonds is 4. The van der Waals surface area contributed by atoms with Crippen molar-refractivity contribution >= 4 is 50.7 Å². The van der Waals surface area contributed by atoms with E-state index in [0.717, 1.165) is 11.5 Å². The van der Waals surface area contributed by atoms with Gasteiger partial charge in [-0.05, 0) is 62.9 Å². The van der Waals surface area contributed by atoms with Crippen LogP contribution < -0.4 is 10.6 Å². The van der Waals surface area contributed by atoms with Gasteiger partial charge < -0.3 is 15.8 Å². The average molecular weight is 442 g/mol. The molecule has 1 aromatic carbocycles. The van der Waals surface area contributed by atoms with E-state index in [-0.39, 0.29) is 26.7 Å². The fraction of sp³-hybridized carbons (Fsp3) is 0.0769. The van der Waals surface area contributed by atoms with Crippen molar-refractivity contribution in [3.8, 4) is 0 Å². The third-order valence-electron chi connectivity index (χ3n) is 3.08. The van der Waals surface area contributed by atoms with Gasteiger partial charge in [-0.1, -0.05) is 9.64 Å². The van der Waals surface area contributed by atoms with Crippen LogP contribution in [0.5, 0.6) is 0 Å². The molecule has 3 aromatic rings. The summed E-state index contributed by atoms with van der Waals surface area (Å²) in [5.74, 6) is -1.22. The second kappa shape index (κ2) is 7.53. The molecule has 0 atom stereocenters. The zero-order valence-electron chi connectivity index (χ0n) is 12.9. The normalized spacial score (nSPS) is 11.4. The first kappa shape index (κ1) is 17.9. The van der Waals surface area contributed by atoms with Crippen LogP contribution in [0.3, 0.4) is 0 Å². The van der Waals surface area contributed by atoms with Gasteiger partial charge in [-0.2, -0.15) is 0 Å². The Kier molecular flexibility index (Phi) is 5.18. The second-order valence-electron chi connectivity index (χ2n) is 4.81. The number of hydrogen-bond acceptors (Lipinski definition) is 9. The van der Waals surface area contributed by atoms with E-state index in [1.807, 2.05) is 0 Å². The Hall–Kier alpha value is -2.93. The summed E-state index contributed by atoms with van der Waals surface area (Å²) in [5.41, 5.74) is 0.793. The van der Waals surface area contributed by atoms with Crippen LogP contribution in [0, 0.1) is 12.7 Å². The summed E-state index contributed by atoms with van der Waals surface area (Å²) in [7, 11) is 0. The van der Waals surface area contributed by atoms with E-state index in [9.17, 15) is 14.4 Å². The standard InChI is InChI=1S/C13H9BrFN7O3S/c1-5-10(26-22-18-5)13(23)17-12-9(20-25-21-12)11(19-24)16-6-2-3-8(15)7(14)4-6/h2-4,24H,1H3,(H,16,19)(H,17,21,23). The molecule has 0 saturated carbocycles. The SMILES string of the molecule is Cc1nnsc1C(=O)Nc1nonc1/C(=N\O)Nc1ccc(F)c(Br)c1. The fourth-order valence-electron chi connectivity index (χ4n) is 1.87. The van der Waals surface area contributed by atoms with Crippen molar-refractivity contribution in [2.24, 2.45) is 5.16 Å². The third kappa shape index (κ3) is 3.67. The number of carbonyl (C=O) groups is 1. The Morgan fingerprint density at radius 3 is 2.85 bits per heavy atom. The lowest BCUT2D eigenvalue weighted by atomic mass is 10.3. The number of nitrogens with zero attached hydrogens (tertiary/aromatic N) is 5. The number of oxime groups is 1. The Bertz CT molecular complexity index is 990. The highest BCUT2D eigenvalue weighted by molar-refractivity contribution is 9.10. The number of halogens is 2. The average Bonchev–Trinajstić information content (AvgIpc) is 3.24. The molecule has 0 saturated heterocycles. The quantitative estimate of drug-likeness (QED) is 0.243. The molecule has 134 valence electrons. The van der Waals surface area contributed by atoms with Crippen LogP contribution in [0.4, 0.5) is 15.9 Å². The summed E-state index contributed by atoms with van der Waals surface area (Å²) in [6.07, 6.45) is 0. The van der Waals surface area contributed by atoms with Gasteiger partial charge in [0.25, 0.3) is 5.91 Å². The summed E-state index contributed by atoms with van der Waals surface area (Å²) in [5, 5.41) is 28.5. The van der Waals surface area contributed by atoms with Gasteiger partial charge in [0, 0.05) is 5.69 Å². The van der Waals surface area contributed by atoms with E-state index >= 15 is 0 Å². The van der Waals surface area contributed by atoms with Crippen molar-refractivity contribution in [2.45, 2.75) is 6.92 Å². The lowest BCUT2D eigenvalue weighted by Crippen LogP contribution is -2.19. The van der Waals surface area contributed by atoms with Crippen LogP contribution in [0.1, 0.15) is 21.1 Å². The minimum Gasteiger partial charge on any atom is -0.409 e. The molecular formula is C13H9BrFN7O3S. The molecule has 3 N–H and O–H groups in total. The number of amides is 1. The molecule has 1 amide bonds. The molecular weight excluding hydrogens is 433 g/mol. The van der Waals surface area contributed by atoms with Crippen LogP contribution in [0.15, 0.2) is 32.5 Å². The zero-order valence-corrected chi connectivity index (χ0v) is 15.3. The number of aromatic nitrogens is 4. The molecule has 0 bridgehead atoms. The van der Waals surface area contributed by atoms with Crippen LogP contribution in [-0.2, 0) is 0 Å².